The molecule has 1 aromatic carbocycles. The van der Waals surface area contributed by atoms with Gasteiger partial charge in [-0.1, -0.05) is 6.07 Å². The highest BCUT2D eigenvalue weighted by Gasteiger charge is 2.37. The smallest absolute Gasteiger partial charge is 0.161 e. The van der Waals surface area contributed by atoms with Gasteiger partial charge >= 0.3 is 0 Å². The van der Waals surface area contributed by atoms with Crippen LogP contribution in [0.4, 0.5) is 0 Å². The van der Waals surface area contributed by atoms with Crippen LogP contribution in [0.25, 0.3) is 0 Å². The highest BCUT2D eigenvalue weighted by Crippen LogP contribution is 2.42. The van der Waals surface area contributed by atoms with Crippen molar-refractivity contribution in [2.24, 2.45) is 5.73 Å². The van der Waals surface area contributed by atoms with Crippen molar-refractivity contribution < 1.29 is 9.47 Å². The number of methoxy groups -OCH3 is 1. The predicted molar refractivity (Wildman–Crippen MR) is 89.6 cm³/mol. The monoisotopic (exact) mass is 314 g/mol. The summed E-state index contributed by atoms with van der Waals surface area (Å²) in [6.45, 7) is 0. The van der Waals surface area contributed by atoms with E-state index in [1.54, 1.807) is 7.11 Å². The van der Waals surface area contributed by atoms with E-state index < -0.39 is 5.41 Å². The molecule has 4 nitrogen and oxygen atoms in total. The molecular formula is C19H26N2O2. The van der Waals surface area contributed by atoms with E-state index >= 15 is 0 Å². The van der Waals surface area contributed by atoms with Crippen LogP contribution in [0.2, 0.25) is 0 Å². The van der Waals surface area contributed by atoms with Crippen molar-refractivity contribution in [2.75, 3.05) is 7.11 Å². The molecule has 4 heteroatoms. The second kappa shape index (κ2) is 6.80. The fourth-order valence-corrected chi connectivity index (χ4v) is 3.85. The molecule has 0 radical (unpaired) electrons. The molecule has 2 aliphatic carbocycles. The topological polar surface area (TPSA) is 68.3 Å². The quantitative estimate of drug-likeness (QED) is 0.920. The van der Waals surface area contributed by atoms with E-state index in [1.807, 2.05) is 18.2 Å². The second-order valence-corrected chi connectivity index (χ2v) is 6.92. The largest absolute Gasteiger partial charge is 0.493 e. The van der Waals surface area contributed by atoms with Crippen LogP contribution in [0.15, 0.2) is 18.2 Å². The number of nitriles is 1. The average Bonchev–Trinajstić information content (AvgIpc) is 3.09. The number of hydrogen-bond donors (Lipinski definition) is 1. The molecular weight excluding hydrogens is 288 g/mol. The highest BCUT2D eigenvalue weighted by atomic mass is 16.5. The molecule has 0 saturated heterocycles. The van der Waals surface area contributed by atoms with Crippen LogP contribution in [-0.2, 0) is 5.41 Å². The van der Waals surface area contributed by atoms with Crippen LogP contribution in [0.5, 0.6) is 11.5 Å². The summed E-state index contributed by atoms with van der Waals surface area (Å²) >= 11 is 0. The molecule has 2 fully saturated rings. The third kappa shape index (κ3) is 3.30. The van der Waals surface area contributed by atoms with Crippen molar-refractivity contribution in [3.05, 3.63) is 23.8 Å². The molecule has 2 N–H and O–H groups in total. The molecule has 0 spiro atoms. The Morgan fingerprint density at radius 1 is 1.13 bits per heavy atom. The molecule has 124 valence electrons. The van der Waals surface area contributed by atoms with Crippen LogP contribution in [0.1, 0.15) is 56.9 Å². The minimum Gasteiger partial charge on any atom is -0.493 e. The van der Waals surface area contributed by atoms with E-state index in [4.69, 9.17) is 15.2 Å². The van der Waals surface area contributed by atoms with Gasteiger partial charge in [0, 0.05) is 6.04 Å². The van der Waals surface area contributed by atoms with Gasteiger partial charge in [-0.05, 0) is 69.1 Å². The van der Waals surface area contributed by atoms with Gasteiger partial charge in [0.2, 0.25) is 0 Å². The van der Waals surface area contributed by atoms with E-state index in [0.29, 0.717) is 0 Å². The first-order chi connectivity index (χ1) is 11.2. The van der Waals surface area contributed by atoms with E-state index in [-0.39, 0.29) is 12.1 Å². The molecule has 0 unspecified atom stereocenters. The number of benzene rings is 1. The zero-order chi connectivity index (χ0) is 16.3. The number of nitrogens with two attached hydrogens (primary N) is 1. The summed E-state index contributed by atoms with van der Waals surface area (Å²) in [6.07, 6.45) is 8.38. The van der Waals surface area contributed by atoms with Crippen molar-refractivity contribution in [2.45, 2.75) is 68.9 Å². The van der Waals surface area contributed by atoms with Crippen molar-refractivity contribution in [3.8, 4) is 17.6 Å². The fraction of sp³-hybridized carbons (Fsp3) is 0.632. The van der Waals surface area contributed by atoms with Gasteiger partial charge in [-0.2, -0.15) is 5.26 Å². The Bertz CT molecular complexity index is 580. The number of ether oxygens (including phenoxy) is 2. The molecule has 0 atom stereocenters. The van der Waals surface area contributed by atoms with Crippen molar-refractivity contribution in [3.63, 3.8) is 0 Å². The first-order valence-electron chi connectivity index (χ1n) is 8.69. The van der Waals surface area contributed by atoms with Gasteiger partial charge < -0.3 is 15.2 Å². The Labute approximate surface area is 138 Å². The van der Waals surface area contributed by atoms with Gasteiger partial charge in [-0.25, -0.2) is 0 Å². The van der Waals surface area contributed by atoms with E-state index in [9.17, 15) is 5.26 Å². The van der Waals surface area contributed by atoms with Gasteiger partial charge in [-0.3, -0.25) is 0 Å². The second-order valence-electron chi connectivity index (χ2n) is 6.92. The molecule has 3 rings (SSSR count). The normalized spacial score (nSPS) is 28.3. The molecule has 0 aromatic heterocycles. The highest BCUT2D eigenvalue weighted by molar-refractivity contribution is 5.47. The van der Waals surface area contributed by atoms with Gasteiger partial charge in [0.25, 0.3) is 0 Å². The lowest BCUT2D eigenvalue weighted by Crippen LogP contribution is -2.36. The zero-order valence-electron chi connectivity index (χ0n) is 13.9. The third-order valence-electron chi connectivity index (χ3n) is 5.41. The van der Waals surface area contributed by atoms with Crippen LogP contribution in [0, 0.1) is 11.3 Å². The lowest BCUT2D eigenvalue weighted by molar-refractivity contribution is 0.200. The Balaban J connectivity index is 1.88. The van der Waals surface area contributed by atoms with Crippen molar-refractivity contribution in [1.82, 2.24) is 0 Å². The van der Waals surface area contributed by atoms with Gasteiger partial charge in [0.05, 0.1) is 24.7 Å². The minimum atomic E-state index is -0.435. The molecule has 0 amide bonds. The Kier molecular flexibility index (Phi) is 4.77. The lowest BCUT2D eigenvalue weighted by atomic mass is 9.69. The van der Waals surface area contributed by atoms with Crippen LogP contribution < -0.4 is 15.2 Å². The summed E-state index contributed by atoms with van der Waals surface area (Å²) in [5, 5.41) is 9.82. The molecule has 1 aromatic rings. The van der Waals surface area contributed by atoms with Crippen molar-refractivity contribution >= 4 is 0 Å². The molecule has 0 aliphatic heterocycles. The molecule has 0 bridgehead atoms. The molecule has 23 heavy (non-hydrogen) atoms. The summed E-state index contributed by atoms with van der Waals surface area (Å²) in [6, 6.07) is 8.76. The molecule has 0 heterocycles. The number of rotatable bonds is 4. The number of hydrogen-bond acceptors (Lipinski definition) is 4. The molecule has 2 aliphatic rings. The van der Waals surface area contributed by atoms with Crippen molar-refractivity contribution in [1.29, 1.82) is 5.26 Å². The summed E-state index contributed by atoms with van der Waals surface area (Å²) in [7, 11) is 1.66. The maximum absolute atomic E-state index is 9.82. The maximum atomic E-state index is 9.82. The van der Waals surface area contributed by atoms with E-state index in [2.05, 4.69) is 6.07 Å². The van der Waals surface area contributed by atoms with Gasteiger partial charge in [0.1, 0.15) is 0 Å². The summed E-state index contributed by atoms with van der Waals surface area (Å²) < 4.78 is 11.6. The van der Waals surface area contributed by atoms with Gasteiger partial charge in [0.15, 0.2) is 11.5 Å². The van der Waals surface area contributed by atoms with Crippen LogP contribution >= 0.6 is 0 Å². The predicted octanol–water partition coefficient (Wildman–Crippen LogP) is 3.68. The maximum Gasteiger partial charge on any atom is 0.161 e. The molecule has 2 saturated carbocycles. The Morgan fingerprint density at radius 3 is 2.43 bits per heavy atom. The summed E-state index contributed by atoms with van der Waals surface area (Å²) in [5.41, 5.74) is 6.63. The first kappa shape index (κ1) is 16.1. The van der Waals surface area contributed by atoms with Gasteiger partial charge in [-0.15, -0.1) is 0 Å². The Hall–Kier alpha value is -1.73. The third-order valence-corrected chi connectivity index (χ3v) is 5.41. The number of nitrogens with zero attached hydrogens (tertiary/aromatic N) is 1. The average molecular weight is 314 g/mol. The lowest BCUT2D eigenvalue weighted by Gasteiger charge is -2.34. The Morgan fingerprint density at radius 2 is 1.83 bits per heavy atom. The minimum absolute atomic E-state index is 0.226. The SMILES string of the molecule is COc1ccc([C@]2(C#N)CC[C@H](N)CC2)cc1OC1CCCC1. The summed E-state index contributed by atoms with van der Waals surface area (Å²) in [5.74, 6) is 1.53. The standard InChI is InChI=1S/C19H26N2O2/c1-22-17-7-6-14(12-18(17)23-16-4-2-3-5-16)19(13-20)10-8-15(21)9-11-19/h6-7,12,15-16H,2-5,8-11,21H2,1H3/t15-,19+. The first-order valence-corrected chi connectivity index (χ1v) is 8.69. The fourth-order valence-electron chi connectivity index (χ4n) is 3.85. The van der Waals surface area contributed by atoms with Crippen LogP contribution in [0.3, 0.4) is 0 Å². The van der Waals surface area contributed by atoms with E-state index in [1.165, 1.54) is 12.8 Å². The zero-order valence-corrected chi connectivity index (χ0v) is 13.9. The van der Waals surface area contributed by atoms with E-state index in [0.717, 1.165) is 55.6 Å². The van der Waals surface area contributed by atoms with Crippen LogP contribution in [-0.4, -0.2) is 19.3 Å². The summed E-state index contributed by atoms with van der Waals surface area (Å²) in [4.78, 5) is 0.